The van der Waals surface area contributed by atoms with Crippen molar-refractivity contribution in [3.63, 3.8) is 0 Å². The van der Waals surface area contributed by atoms with E-state index in [2.05, 4.69) is 9.69 Å². The van der Waals surface area contributed by atoms with Crippen LogP contribution in [0.1, 0.15) is 42.7 Å². The van der Waals surface area contributed by atoms with E-state index >= 15 is 0 Å². The minimum Gasteiger partial charge on any atom is -0.481 e. The summed E-state index contributed by atoms with van der Waals surface area (Å²) in [4.78, 5) is 53.2. The number of aromatic nitrogens is 1. The van der Waals surface area contributed by atoms with Crippen molar-refractivity contribution >= 4 is 63.4 Å². The number of piperazine rings is 1. The summed E-state index contributed by atoms with van der Waals surface area (Å²) in [7, 11) is 0. The molecule has 5 rings (SSSR count). The SMILES string of the molecule is Cc1nsc(N2CC(=O)N(c3ccc(C4(C(=O)O)CC4)cc3)CC2=O)c1NC(=O)OC(C)c1ccccc1Cl. The highest BCUT2D eigenvalue weighted by atomic mass is 35.5. The van der Waals surface area contributed by atoms with Crippen LogP contribution in [0, 0.1) is 6.92 Å². The molecular formula is C27H25ClN4O6S. The van der Waals surface area contributed by atoms with E-state index in [4.69, 9.17) is 16.3 Å². The first-order valence-corrected chi connectivity index (χ1v) is 13.4. The van der Waals surface area contributed by atoms with Crippen molar-refractivity contribution in [3.8, 4) is 0 Å². The normalized spacial score (nSPS) is 17.1. The van der Waals surface area contributed by atoms with E-state index in [0.29, 0.717) is 51.1 Å². The number of hydrogen-bond acceptors (Lipinski definition) is 7. The van der Waals surface area contributed by atoms with Crippen molar-refractivity contribution in [2.45, 2.75) is 38.2 Å². The molecule has 1 unspecified atom stereocenters. The Kier molecular flexibility index (Phi) is 7.04. The highest BCUT2D eigenvalue weighted by Gasteiger charge is 2.51. The van der Waals surface area contributed by atoms with Gasteiger partial charge in [-0.2, -0.15) is 4.37 Å². The van der Waals surface area contributed by atoms with Crippen LogP contribution in [0.25, 0.3) is 0 Å². The molecule has 1 aromatic heterocycles. The third kappa shape index (κ3) is 5.07. The van der Waals surface area contributed by atoms with Gasteiger partial charge in [-0.25, -0.2) is 4.79 Å². The number of ether oxygens (including phenoxy) is 1. The molecular weight excluding hydrogens is 544 g/mol. The van der Waals surface area contributed by atoms with Gasteiger partial charge in [0.25, 0.3) is 0 Å². The number of aliphatic carboxylic acids is 1. The van der Waals surface area contributed by atoms with Crippen molar-refractivity contribution in [3.05, 3.63) is 70.4 Å². The Morgan fingerprint density at radius 3 is 2.36 bits per heavy atom. The predicted octanol–water partition coefficient (Wildman–Crippen LogP) is 4.91. The number of anilines is 3. The number of carbonyl (C=O) groups is 4. The zero-order chi connectivity index (χ0) is 27.9. The number of carbonyl (C=O) groups excluding carboxylic acids is 3. The van der Waals surface area contributed by atoms with Gasteiger partial charge in [-0.15, -0.1) is 0 Å². The Morgan fingerprint density at radius 1 is 1.08 bits per heavy atom. The maximum atomic E-state index is 13.2. The van der Waals surface area contributed by atoms with Crippen molar-refractivity contribution in [2.75, 3.05) is 28.2 Å². The number of carboxylic acid groups (broad SMARTS) is 1. The van der Waals surface area contributed by atoms with E-state index in [0.717, 1.165) is 11.5 Å². The number of halogens is 1. The average molecular weight is 569 g/mol. The lowest BCUT2D eigenvalue weighted by Gasteiger charge is -2.33. The number of aryl methyl sites for hydroxylation is 1. The van der Waals surface area contributed by atoms with E-state index in [1.54, 1.807) is 62.4 Å². The molecule has 1 saturated heterocycles. The molecule has 39 heavy (non-hydrogen) atoms. The molecule has 0 spiro atoms. The molecule has 1 aliphatic carbocycles. The Hall–Kier alpha value is -3.96. The highest BCUT2D eigenvalue weighted by Crippen LogP contribution is 2.48. The van der Waals surface area contributed by atoms with Crippen LogP contribution < -0.4 is 15.1 Å². The Morgan fingerprint density at radius 2 is 1.72 bits per heavy atom. The monoisotopic (exact) mass is 568 g/mol. The molecule has 2 N–H and O–H groups in total. The number of nitrogens with zero attached hydrogens (tertiary/aromatic N) is 3. The fourth-order valence-electron chi connectivity index (χ4n) is 4.60. The summed E-state index contributed by atoms with van der Waals surface area (Å²) in [5.41, 5.74) is 1.75. The van der Waals surface area contributed by atoms with Gasteiger partial charge in [0.15, 0.2) is 0 Å². The zero-order valence-electron chi connectivity index (χ0n) is 21.1. The predicted molar refractivity (Wildman–Crippen MR) is 147 cm³/mol. The minimum absolute atomic E-state index is 0.216. The molecule has 2 aliphatic rings. The van der Waals surface area contributed by atoms with Crippen molar-refractivity contribution in [1.82, 2.24) is 4.37 Å². The first-order chi connectivity index (χ1) is 18.6. The van der Waals surface area contributed by atoms with Crippen LogP contribution in [0.5, 0.6) is 0 Å². The average Bonchev–Trinajstić information content (AvgIpc) is 3.65. The summed E-state index contributed by atoms with van der Waals surface area (Å²) in [5.74, 6) is -1.54. The van der Waals surface area contributed by atoms with E-state index < -0.39 is 23.6 Å². The van der Waals surface area contributed by atoms with Gasteiger partial charge in [-0.3, -0.25) is 24.6 Å². The third-order valence-electron chi connectivity index (χ3n) is 7.02. The number of amides is 3. The Labute approximate surface area is 233 Å². The molecule has 1 saturated carbocycles. The number of carboxylic acids is 1. The highest BCUT2D eigenvalue weighted by molar-refractivity contribution is 7.11. The van der Waals surface area contributed by atoms with Gasteiger partial charge in [0.05, 0.1) is 11.1 Å². The summed E-state index contributed by atoms with van der Waals surface area (Å²) < 4.78 is 9.76. The van der Waals surface area contributed by atoms with Gasteiger partial charge in [0.1, 0.15) is 29.9 Å². The molecule has 0 bridgehead atoms. The summed E-state index contributed by atoms with van der Waals surface area (Å²) in [6.07, 6.45) is -0.222. The molecule has 202 valence electrons. The van der Waals surface area contributed by atoms with E-state index in [9.17, 15) is 24.3 Å². The number of hydrogen-bond donors (Lipinski definition) is 2. The second kappa shape index (κ2) is 10.3. The molecule has 12 heteroatoms. The van der Waals surface area contributed by atoms with Crippen LogP contribution in [0.2, 0.25) is 5.02 Å². The molecule has 3 amide bonds. The largest absolute Gasteiger partial charge is 0.481 e. The van der Waals surface area contributed by atoms with Crippen LogP contribution in [-0.2, 0) is 24.5 Å². The van der Waals surface area contributed by atoms with Crippen molar-refractivity contribution in [1.29, 1.82) is 0 Å². The molecule has 2 fully saturated rings. The van der Waals surface area contributed by atoms with Crippen LogP contribution in [-0.4, -0.2) is 46.4 Å². The summed E-state index contributed by atoms with van der Waals surface area (Å²) in [5, 5.41) is 13.0. The summed E-state index contributed by atoms with van der Waals surface area (Å²) in [6.45, 7) is 2.91. The maximum absolute atomic E-state index is 13.2. The van der Waals surface area contributed by atoms with Crippen LogP contribution in [0.3, 0.4) is 0 Å². The van der Waals surface area contributed by atoms with Crippen LogP contribution in [0.4, 0.5) is 21.2 Å². The number of rotatable bonds is 7. The lowest BCUT2D eigenvalue weighted by Crippen LogP contribution is -2.54. The van der Waals surface area contributed by atoms with Crippen LogP contribution >= 0.6 is 23.1 Å². The van der Waals surface area contributed by atoms with Crippen LogP contribution in [0.15, 0.2) is 48.5 Å². The quantitative estimate of drug-likeness (QED) is 0.414. The fraction of sp³-hybridized carbons (Fsp3) is 0.296. The second-order valence-corrected chi connectivity index (χ2v) is 10.7. The van der Waals surface area contributed by atoms with E-state index in [1.807, 2.05) is 0 Å². The van der Waals surface area contributed by atoms with Gasteiger partial charge in [0, 0.05) is 16.3 Å². The fourth-order valence-corrected chi connectivity index (χ4v) is 5.75. The van der Waals surface area contributed by atoms with Gasteiger partial charge in [-0.1, -0.05) is 41.9 Å². The van der Waals surface area contributed by atoms with Crippen molar-refractivity contribution in [2.24, 2.45) is 0 Å². The second-order valence-electron chi connectivity index (χ2n) is 9.54. The topological polar surface area (TPSA) is 129 Å². The standard InChI is InChI=1S/C27H25ClN4O6S/c1-15-23(29-26(37)38-16(2)19-5-3-4-6-20(19)28)24(39-30-15)32-14-21(33)31(13-22(32)34)18-9-7-17(8-10-18)27(11-12-27)25(35)36/h3-10,16H,11-14H2,1-2H3,(H,29,37)(H,35,36). The smallest absolute Gasteiger partial charge is 0.412 e. The van der Waals surface area contributed by atoms with E-state index in [-0.39, 0.29) is 24.9 Å². The Bertz CT molecular complexity index is 1470. The first kappa shape index (κ1) is 26.6. The molecule has 0 radical (unpaired) electrons. The lowest BCUT2D eigenvalue weighted by atomic mass is 9.96. The molecule has 2 aromatic carbocycles. The summed E-state index contributed by atoms with van der Waals surface area (Å²) in [6, 6.07) is 13.8. The van der Waals surface area contributed by atoms with E-state index in [1.165, 1.54) is 9.80 Å². The van der Waals surface area contributed by atoms with Gasteiger partial charge in [0.2, 0.25) is 11.8 Å². The van der Waals surface area contributed by atoms with Gasteiger partial charge < -0.3 is 14.7 Å². The molecule has 10 nitrogen and oxygen atoms in total. The third-order valence-corrected chi connectivity index (χ3v) is 8.33. The molecule has 1 atom stereocenters. The van der Waals surface area contributed by atoms with Gasteiger partial charge in [-0.05, 0) is 62.0 Å². The zero-order valence-corrected chi connectivity index (χ0v) is 22.7. The maximum Gasteiger partial charge on any atom is 0.412 e. The molecule has 3 aromatic rings. The lowest BCUT2D eigenvalue weighted by molar-refractivity contribution is -0.140. The summed E-state index contributed by atoms with van der Waals surface area (Å²) >= 11 is 7.20. The molecule has 1 aliphatic heterocycles. The van der Waals surface area contributed by atoms with Crippen molar-refractivity contribution < 1.29 is 29.0 Å². The minimum atomic E-state index is -0.860. The number of nitrogens with one attached hydrogen (secondary N) is 1. The molecule has 2 heterocycles. The Balaban J connectivity index is 1.28. The first-order valence-electron chi connectivity index (χ1n) is 12.2. The van der Waals surface area contributed by atoms with Gasteiger partial charge >= 0.3 is 12.1 Å². The number of benzene rings is 2.